The highest BCUT2D eigenvalue weighted by molar-refractivity contribution is 5.73. The summed E-state index contributed by atoms with van der Waals surface area (Å²) in [5.74, 6) is 1.92. The van der Waals surface area contributed by atoms with Crippen molar-refractivity contribution in [2.75, 3.05) is 7.11 Å². The summed E-state index contributed by atoms with van der Waals surface area (Å²) in [4.78, 5) is 23.7. The maximum atomic E-state index is 12.4. The molecule has 4 rings (SSSR count). The first-order valence-corrected chi connectivity index (χ1v) is 10.7. The van der Waals surface area contributed by atoms with Crippen LogP contribution in [0.1, 0.15) is 72.1 Å². The summed E-state index contributed by atoms with van der Waals surface area (Å²) in [6.45, 7) is 6.32. The van der Waals surface area contributed by atoms with Crippen LogP contribution < -0.4 is 0 Å². The van der Waals surface area contributed by atoms with Crippen molar-refractivity contribution in [3.8, 4) is 0 Å². The summed E-state index contributed by atoms with van der Waals surface area (Å²) in [5, 5.41) is 0. The number of hydrogen-bond acceptors (Lipinski definition) is 4. The van der Waals surface area contributed by atoms with E-state index in [4.69, 9.17) is 9.47 Å². The van der Waals surface area contributed by atoms with Crippen LogP contribution in [-0.2, 0) is 19.1 Å². The van der Waals surface area contributed by atoms with Gasteiger partial charge in [-0.15, -0.1) is 0 Å². The van der Waals surface area contributed by atoms with E-state index in [1.54, 1.807) is 0 Å². The number of methoxy groups -OCH3 is 1. The van der Waals surface area contributed by atoms with Gasteiger partial charge in [-0.3, -0.25) is 9.59 Å². The molecule has 0 radical (unpaired) electrons. The molecule has 4 aliphatic carbocycles. The van der Waals surface area contributed by atoms with Gasteiger partial charge in [0.2, 0.25) is 0 Å². The van der Waals surface area contributed by atoms with Crippen LogP contribution in [0.3, 0.4) is 0 Å². The maximum Gasteiger partial charge on any atom is 0.309 e. The Balaban J connectivity index is 1.57. The standard InChI is InChI=1S/C23H34O4/c1-14(24)27-16-9-11-22(2)15(13-16)5-6-17-18-7-8-20(21(25)26-4)23(18,3)12-10-19(17)22/h5,16-20H,6-13H2,1-4H3/t16-,17+,18+,19+,20-,22-,23-/m0/s1. The molecule has 0 aliphatic heterocycles. The fourth-order valence-electron chi connectivity index (χ4n) is 7.49. The Hall–Kier alpha value is -1.32. The molecule has 0 saturated heterocycles. The highest BCUT2D eigenvalue weighted by Gasteiger charge is 2.60. The van der Waals surface area contributed by atoms with Crippen molar-refractivity contribution in [1.29, 1.82) is 0 Å². The molecular formula is C23H34O4. The molecule has 4 heteroatoms. The smallest absolute Gasteiger partial charge is 0.309 e. The zero-order chi connectivity index (χ0) is 19.4. The molecule has 7 atom stereocenters. The Morgan fingerprint density at radius 1 is 1.07 bits per heavy atom. The van der Waals surface area contributed by atoms with Crippen molar-refractivity contribution in [3.63, 3.8) is 0 Å². The molecule has 0 heterocycles. The van der Waals surface area contributed by atoms with Gasteiger partial charge in [0.15, 0.2) is 0 Å². The van der Waals surface area contributed by atoms with E-state index in [1.165, 1.54) is 26.0 Å². The van der Waals surface area contributed by atoms with Gasteiger partial charge in [0.05, 0.1) is 13.0 Å². The van der Waals surface area contributed by atoms with Gasteiger partial charge >= 0.3 is 11.9 Å². The Bertz CT molecular complexity index is 667. The van der Waals surface area contributed by atoms with Crippen LogP contribution in [0.2, 0.25) is 0 Å². The highest BCUT2D eigenvalue weighted by Crippen LogP contribution is 2.66. The maximum absolute atomic E-state index is 12.4. The Labute approximate surface area is 163 Å². The fourth-order valence-corrected chi connectivity index (χ4v) is 7.49. The van der Waals surface area contributed by atoms with Crippen LogP contribution in [0.25, 0.3) is 0 Å². The number of ether oxygens (including phenoxy) is 2. The van der Waals surface area contributed by atoms with Crippen molar-refractivity contribution < 1.29 is 19.1 Å². The molecule has 0 aromatic rings. The summed E-state index contributed by atoms with van der Waals surface area (Å²) >= 11 is 0. The second-order valence-electron chi connectivity index (χ2n) is 9.93. The van der Waals surface area contributed by atoms with E-state index in [0.29, 0.717) is 17.8 Å². The average Bonchev–Trinajstić information content (AvgIpc) is 2.98. The van der Waals surface area contributed by atoms with Crippen LogP contribution >= 0.6 is 0 Å². The third-order valence-corrected chi connectivity index (χ3v) is 8.88. The lowest BCUT2D eigenvalue weighted by Crippen LogP contribution is -2.51. The minimum absolute atomic E-state index is 0.00130. The predicted octanol–water partition coefficient (Wildman–Crippen LogP) is 4.67. The summed E-state index contributed by atoms with van der Waals surface area (Å²) < 4.78 is 10.7. The van der Waals surface area contributed by atoms with E-state index in [9.17, 15) is 9.59 Å². The first kappa shape index (κ1) is 19.0. The van der Waals surface area contributed by atoms with Gasteiger partial charge in [-0.25, -0.2) is 0 Å². The number of carbonyl (C=O) groups is 2. The van der Waals surface area contributed by atoms with Crippen molar-refractivity contribution in [2.45, 2.75) is 78.2 Å². The average molecular weight is 375 g/mol. The molecular weight excluding hydrogens is 340 g/mol. The van der Waals surface area contributed by atoms with Crippen LogP contribution in [0.5, 0.6) is 0 Å². The summed E-state index contributed by atoms with van der Waals surface area (Å²) in [7, 11) is 1.53. The van der Waals surface area contributed by atoms with E-state index in [1.807, 2.05) is 0 Å². The van der Waals surface area contributed by atoms with Crippen LogP contribution in [0.15, 0.2) is 11.6 Å². The number of rotatable bonds is 2. The number of fused-ring (bicyclic) bond motifs is 5. The van der Waals surface area contributed by atoms with E-state index >= 15 is 0 Å². The topological polar surface area (TPSA) is 52.6 Å². The number of carbonyl (C=O) groups excluding carboxylic acids is 2. The molecule has 27 heavy (non-hydrogen) atoms. The number of hydrogen-bond donors (Lipinski definition) is 0. The van der Waals surface area contributed by atoms with Gasteiger partial charge in [-0.05, 0) is 73.5 Å². The monoisotopic (exact) mass is 374 g/mol. The minimum atomic E-state index is -0.161. The lowest BCUT2D eigenvalue weighted by atomic mass is 9.47. The molecule has 3 fully saturated rings. The highest BCUT2D eigenvalue weighted by atomic mass is 16.5. The minimum Gasteiger partial charge on any atom is -0.469 e. The second kappa shape index (κ2) is 6.63. The molecule has 0 bridgehead atoms. The lowest BCUT2D eigenvalue weighted by Gasteiger charge is -2.57. The Morgan fingerprint density at radius 2 is 1.85 bits per heavy atom. The summed E-state index contributed by atoms with van der Waals surface area (Å²) in [5.41, 5.74) is 1.86. The van der Waals surface area contributed by atoms with Gasteiger partial charge in [-0.1, -0.05) is 25.5 Å². The van der Waals surface area contributed by atoms with Crippen LogP contribution in [-0.4, -0.2) is 25.2 Å². The third-order valence-electron chi connectivity index (χ3n) is 8.88. The number of allylic oxidation sites excluding steroid dienone is 1. The Morgan fingerprint density at radius 3 is 2.56 bits per heavy atom. The zero-order valence-electron chi connectivity index (χ0n) is 17.3. The zero-order valence-corrected chi connectivity index (χ0v) is 17.3. The normalized spacial score (nSPS) is 45.8. The molecule has 150 valence electrons. The van der Waals surface area contributed by atoms with Gasteiger partial charge in [0.25, 0.3) is 0 Å². The van der Waals surface area contributed by atoms with Crippen molar-refractivity contribution in [3.05, 3.63) is 11.6 Å². The molecule has 0 N–H and O–H groups in total. The first-order valence-electron chi connectivity index (χ1n) is 10.7. The molecule has 4 nitrogen and oxygen atoms in total. The largest absolute Gasteiger partial charge is 0.469 e. The number of esters is 2. The quantitative estimate of drug-likeness (QED) is 0.521. The fraction of sp³-hybridized carbons (Fsp3) is 0.826. The predicted molar refractivity (Wildman–Crippen MR) is 103 cm³/mol. The molecule has 0 aromatic carbocycles. The SMILES string of the molecule is COC(=O)[C@@H]1CC[C@@H]2[C@H]3CC=C4C[C@@H](OC(C)=O)CC[C@]4(C)[C@@H]3CC[C@@]21C. The van der Waals surface area contributed by atoms with E-state index < -0.39 is 0 Å². The van der Waals surface area contributed by atoms with Crippen LogP contribution in [0.4, 0.5) is 0 Å². The van der Waals surface area contributed by atoms with Gasteiger partial charge < -0.3 is 9.47 Å². The van der Waals surface area contributed by atoms with Gasteiger partial charge in [0.1, 0.15) is 6.10 Å². The van der Waals surface area contributed by atoms with E-state index in [0.717, 1.165) is 44.9 Å². The summed E-state index contributed by atoms with van der Waals surface area (Å²) in [6.07, 6.45) is 11.1. The van der Waals surface area contributed by atoms with E-state index in [-0.39, 0.29) is 34.8 Å². The molecule has 3 saturated carbocycles. The molecule has 0 spiro atoms. The van der Waals surface area contributed by atoms with Gasteiger partial charge in [0, 0.05) is 13.3 Å². The van der Waals surface area contributed by atoms with Gasteiger partial charge in [-0.2, -0.15) is 0 Å². The van der Waals surface area contributed by atoms with Crippen molar-refractivity contribution >= 4 is 11.9 Å². The second-order valence-corrected chi connectivity index (χ2v) is 9.93. The van der Waals surface area contributed by atoms with E-state index in [2.05, 4.69) is 19.9 Å². The molecule has 0 amide bonds. The third kappa shape index (κ3) is 2.86. The summed E-state index contributed by atoms with van der Waals surface area (Å²) in [6, 6.07) is 0. The molecule has 4 aliphatic rings. The van der Waals surface area contributed by atoms with Crippen molar-refractivity contribution in [2.24, 2.45) is 34.5 Å². The van der Waals surface area contributed by atoms with Crippen LogP contribution in [0, 0.1) is 34.5 Å². The van der Waals surface area contributed by atoms with Crippen molar-refractivity contribution in [1.82, 2.24) is 0 Å². The molecule has 0 aromatic heterocycles. The first-order chi connectivity index (χ1) is 12.8. The Kier molecular flexibility index (Phi) is 4.67. The lowest BCUT2D eigenvalue weighted by molar-refractivity contribution is -0.154. The molecule has 0 unspecified atom stereocenters.